The number of likely N-dealkylation sites (tertiary alicyclic amines) is 1. The number of amides is 2. The molecule has 3 N–H and O–H groups in total. The first kappa shape index (κ1) is 26.7. The van der Waals surface area contributed by atoms with E-state index in [1.165, 1.54) is 11.1 Å². The van der Waals surface area contributed by atoms with E-state index in [-0.39, 0.29) is 17.9 Å². The van der Waals surface area contributed by atoms with Crippen LogP contribution >= 0.6 is 0 Å². The summed E-state index contributed by atoms with van der Waals surface area (Å²) in [6.45, 7) is 9.55. The fourth-order valence-corrected chi connectivity index (χ4v) is 4.74. The maximum Gasteiger partial charge on any atom is 0.254 e. The Kier molecular flexibility index (Phi) is 9.69. The van der Waals surface area contributed by atoms with Crippen molar-refractivity contribution in [2.24, 2.45) is 11.7 Å². The lowest BCUT2D eigenvalue weighted by Gasteiger charge is -2.43. The van der Waals surface area contributed by atoms with E-state index in [4.69, 9.17) is 10.5 Å². The summed E-state index contributed by atoms with van der Waals surface area (Å²) in [7, 11) is 1.58. The second-order valence-corrected chi connectivity index (χ2v) is 9.81. The molecule has 2 aromatic rings. The molecule has 1 aliphatic heterocycles. The number of methoxy groups -OCH3 is 1. The number of rotatable bonds is 10. The number of benzene rings is 2. The summed E-state index contributed by atoms with van der Waals surface area (Å²) in [6.07, 6.45) is 1.40. The van der Waals surface area contributed by atoms with Gasteiger partial charge in [-0.25, -0.2) is 0 Å². The molecule has 2 aromatic carbocycles. The third kappa shape index (κ3) is 7.29. The molecule has 7 nitrogen and oxygen atoms in total. The van der Waals surface area contributed by atoms with Gasteiger partial charge in [0.25, 0.3) is 5.91 Å². The molecule has 2 atom stereocenters. The lowest BCUT2D eigenvalue weighted by molar-refractivity contribution is -0.127. The first-order valence-corrected chi connectivity index (χ1v) is 12.5. The lowest BCUT2D eigenvalue weighted by atomic mass is 9.93. The van der Waals surface area contributed by atoms with E-state index in [2.05, 4.69) is 55.3 Å². The molecule has 0 radical (unpaired) electrons. The van der Waals surface area contributed by atoms with Crippen LogP contribution in [0.15, 0.2) is 48.5 Å². The highest BCUT2D eigenvalue weighted by Gasteiger charge is 2.38. The zero-order valence-corrected chi connectivity index (χ0v) is 21.5. The van der Waals surface area contributed by atoms with E-state index in [9.17, 15) is 9.59 Å². The van der Waals surface area contributed by atoms with Gasteiger partial charge in [0.15, 0.2) is 0 Å². The number of nitrogens with two attached hydrogens (primary N) is 1. The van der Waals surface area contributed by atoms with E-state index in [0.717, 1.165) is 19.5 Å². The first-order valence-electron chi connectivity index (χ1n) is 12.5. The van der Waals surface area contributed by atoms with Gasteiger partial charge in [0.2, 0.25) is 5.91 Å². The number of ether oxygens (including phenoxy) is 1. The van der Waals surface area contributed by atoms with Gasteiger partial charge in [-0.1, -0.05) is 49.7 Å². The Bertz CT molecular complexity index is 976. The van der Waals surface area contributed by atoms with Gasteiger partial charge >= 0.3 is 0 Å². The van der Waals surface area contributed by atoms with E-state index in [1.54, 1.807) is 30.2 Å². The SMILES string of the molecule is COc1cccc(C(=O)N2CCC(N(Cc3ccc(C)cc3)CC(C)C)C[C@@H]2C(=O)NCCN)c1. The van der Waals surface area contributed by atoms with Gasteiger partial charge in [0, 0.05) is 44.3 Å². The van der Waals surface area contributed by atoms with Crippen molar-refractivity contribution in [2.45, 2.75) is 52.2 Å². The van der Waals surface area contributed by atoms with E-state index < -0.39 is 6.04 Å². The van der Waals surface area contributed by atoms with Crippen LogP contribution in [-0.4, -0.2) is 67.0 Å². The largest absolute Gasteiger partial charge is 0.497 e. The fraction of sp³-hybridized carbons (Fsp3) is 0.500. The van der Waals surface area contributed by atoms with Crippen LogP contribution in [0, 0.1) is 12.8 Å². The topological polar surface area (TPSA) is 87.9 Å². The van der Waals surface area contributed by atoms with Crippen LogP contribution in [0.4, 0.5) is 0 Å². The molecule has 0 saturated carbocycles. The molecule has 1 heterocycles. The van der Waals surface area contributed by atoms with Crippen molar-refractivity contribution >= 4 is 11.8 Å². The molecule has 1 saturated heterocycles. The van der Waals surface area contributed by atoms with E-state index >= 15 is 0 Å². The first-order chi connectivity index (χ1) is 16.8. The molecule has 0 aliphatic carbocycles. The van der Waals surface area contributed by atoms with Gasteiger partial charge in [-0.15, -0.1) is 0 Å². The van der Waals surface area contributed by atoms with Crippen LogP contribution in [-0.2, 0) is 11.3 Å². The summed E-state index contributed by atoms with van der Waals surface area (Å²) in [5, 5.41) is 2.92. The number of piperidine rings is 1. The summed E-state index contributed by atoms with van der Waals surface area (Å²) in [4.78, 5) is 30.9. The van der Waals surface area contributed by atoms with Crippen molar-refractivity contribution in [1.82, 2.24) is 15.1 Å². The second kappa shape index (κ2) is 12.7. The van der Waals surface area contributed by atoms with Gasteiger partial charge in [0.1, 0.15) is 11.8 Å². The average Bonchev–Trinajstić information content (AvgIpc) is 2.87. The number of nitrogens with zero attached hydrogens (tertiary/aromatic N) is 2. The monoisotopic (exact) mass is 480 g/mol. The van der Waals surface area contributed by atoms with Gasteiger partial charge in [-0.3, -0.25) is 14.5 Å². The molecule has 0 aromatic heterocycles. The highest BCUT2D eigenvalue weighted by Crippen LogP contribution is 2.27. The van der Waals surface area contributed by atoms with E-state index in [0.29, 0.717) is 43.3 Å². The summed E-state index contributed by atoms with van der Waals surface area (Å²) in [5.74, 6) is 0.818. The minimum atomic E-state index is -0.549. The molecule has 1 unspecified atom stereocenters. The normalized spacial score (nSPS) is 18.1. The van der Waals surface area contributed by atoms with Crippen molar-refractivity contribution in [3.63, 3.8) is 0 Å². The number of carbonyl (C=O) groups excluding carboxylic acids is 2. The zero-order chi connectivity index (χ0) is 25.4. The number of hydrogen-bond donors (Lipinski definition) is 2. The average molecular weight is 481 g/mol. The predicted octanol–water partition coefficient (Wildman–Crippen LogP) is 3.21. The molecule has 1 fully saturated rings. The molecule has 0 bridgehead atoms. The number of hydrogen-bond acceptors (Lipinski definition) is 5. The lowest BCUT2D eigenvalue weighted by Crippen LogP contribution is -2.57. The minimum Gasteiger partial charge on any atom is -0.497 e. The Balaban J connectivity index is 1.83. The number of aryl methyl sites for hydroxylation is 1. The third-order valence-corrected chi connectivity index (χ3v) is 6.52. The van der Waals surface area contributed by atoms with Crippen LogP contribution in [0.1, 0.15) is 48.2 Å². The molecule has 35 heavy (non-hydrogen) atoms. The highest BCUT2D eigenvalue weighted by atomic mass is 16.5. The van der Waals surface area contributed by atoms with Crippen LogP contribution in [0.2, 0.25) is 0 Å². The Labute approximate surface area is 209 Å². The standard InChI is InChI=1S/C28H40N4O3/c1-20(2)18-31(19-22-10-8-21(3)9-11-22)24-12-15-32(26(17-24)27(33)30-14-13-29)28(34)23-6-5-7-25(16-23)35-4/h5-11,16,20,24,26H,12-15,17-19,29H2,1-4H3,(H,30,33)/t24?,26-/m1/s1. The summed E-state index contributed by atoms with van der Waals surface area (Å²) in [6, 6.07) is 15.4. The molecule has 2 amide bonds. The quantitative estimate of drug-likeness (QED) is 0.545. The molecule has 0 spiro atoms. The summed E-state index contributed by atoms with van der Waals surface area (Å²) >= 11 is 0. The Hall–Kier alpha value is -2.90. The second-order valence-electron chi connectivity index (χ2n) is 9.81. The van der Waals surface area contributed by atoms with Crippen LogP contribution in [0.25, 0.3) is 0 Å². The zero-order valence-electron chi connectivity index (χ0n) is 21.5. The van der Waals surface area contributed by atoms with Crippen molar-refractivity contribution < 1.29 is 14.3 Å². The third-order valence-electron chi connectivity index (χ3n) is 6.52. The van der Waals surface area contributed by atoms with Gasteiger partial charge in [-0.05, 0) is 49.4 Å². The molecule has 190 valence electrons. The van der Waals surface area contributed by atoms with Crippen LogP contribution in [0.5, 0.6) is 5.75 Å². The summed E-state index contributed by atoms with van der Waals surface area (Å²) < 4.78 is 5.30. The van der Waals surface area contributed by atoms with Gasteiger partial charge in [0.05, 0.1) is 7.11 Å². The Morgan fingerprint density at radius 1 is 1.20 bits per heavy atom. The van der Waals surface area contributed by atoms with Crippen molar-refractivity contribution in [3.05, 3.63) is 65.2 Å². The van der Waals surface area contributed by atoms with Crippen molar-refractivity contribution in [2.75, 3.05) is 33.3 Å². The number of nitrogens with one attached hydrogen (secondary N) is 1. The molecule has 3 rings (SSSR count). The maximum atomic E-state index is 13.5. The van der Waals surface area contributed by atoms with Crippen molar-refractivity contribution in [3.8, 4) is 5.75 Å². The Morgan fingerprint density at radius 3 is 2.60 bits per heavy atom. The summed E-state index contributed by atoms with van der Waals surface area (Å²) in [5.41, 5.74) is 8.66. The van der Waals surface area contributed by atoms with Gasteiger partial charge in [-0.2, -0.15) is 0 Å². The molecular formula is C28H40N4O3. The molecule has 1 aliphatic rings. The highest BCUT2D eigenvalue weighted by molar-refractivity contribution is 5.98. The van der Waals surface area contributed by atoms with Crippen molar-refractivity contribution in [1.29, 1.82) is 0 Å². The van der Waals surface area contributed by atoms with Gasteiger partial charge < -0.3 is 20.7 Å². The Morgan fingerprint density at radius 2 is 1.94 bits per heavy atom. The van der Waals surface area contributed by atoms with E-state index in [1.807, 2.05) is 6.07 Å². The molecule has 7 heteroatoms. The molecular weight excluding hydrogens is 440 g/mol. The maximum absolute atomic E-state index is 13.5. The number of carbonyl (C=O) groups is 2. The van der Waals surface area contributed by atoms with Crippen LogP contribution < -0.4 is 15.8 Å². The predicted molar refractivity (Wildman–Crippen MR) is 139 cm³/mol. The fourth-order valence-electron chi connectivity index (χ4n) is 4.74. The van der Waals surface area contributed by atoms with Crippen LogP contribution in [0.3, 0.4) is 0 Å². The minimum absolute atomic E-state index is 0.142. The smallest absolute Gasteiger partial charge is 0.254 e.